The molecular formula is C9H8ClN5O. The Morgan fingerprint density at radius 3 is 2.75 bits per heavy atom. The normalized spacial score (nSPS) is 10.1. The molecule has 6 nitrogen and oxygen atoms in total. The molecule has 0 aromatic carbocycles. The number of rotatable bonds is 2. The summed E-state index contributed by atoms with van der Waals surface area (Å²) < 4.78 is 1.46. The largest absolute Gasteiger partial charge is 0.303 e. The Balaban J connectivity index is 2.21. The molecule has 82 valence electrons. The van der Waals surface area contributed by atoms with E-state index in [0.717, 1.165) is 0 Å². The van der Waals surface area contributed by atoms with E-state index in [1.807, 2.05) is 0 Å². The van der Waals surface area contributed by atoms with E-state index in [2.05, 4.69) is 20.4 Å². The van der Waals surface area contributed by atoms with Crippen LogP contribution in [0.5, 0.6) is 0 Å². The fraction of sp³-hybridized carbons (Fsp3) is 0.111. The molecule has 2 aromatic rings. The molecule has 0 saturated carbocycles. The van der Waals surface area contributed by atoms with E-state index in [1.54, 1.807) is 13.1 Å². The van der Waals surface area contributed by atoms with Gasteiger partial charge in [-0.2, -0.15) is 5.10 Å². The quantitative estimate of drug-likeness (QED) is 0.849. The highest BCUT2D eigenvalue weighted by Crippen LogP contribution is 2.14. The van der Waals surface area contributed by atoms with Gasteiger partial charge in [0.2, 0.25) is 0 Å². The van der Waals surface area contributed by atoms with Crippen molar-refractivity contribution in [1.29, 1.82) is 0 Å². The van der Waals surface area contributed by atoms with Gasteiger partial charge in [-0.15, -0.1) is 0 Å². The van der Waals surface area contributed by atoms with Crippen molar-refractivity contribution in [3.8, 4) is 0 Å². The van der Waals surface area contributed by atoms with Gasteiger partial charge in [0.1, 0.15) is 5.69 Å². The van der Waals surface area contributed by atoms with Gasteiger partial charge in [0.25, 0.3) is 5.91 Å². The lowest BCUT2D eigenvalue weighted by Gasteiger charge is -2.04. The van der Waals surface area contributed by atoms with Crippen LogP contribution in [-0.4, -0.2) is 25.7 Å². The lowest BCUT2D eigenvalue weighted by Crippen LogP contribution is -2.17. The van der Waals surface area contributed by atoms with Crippen LogP contribution in [-0.2, 0) is 7.05 Å². The zero-order valence-corrected chi connectivity index (χ0v) is 9.14. The van der Waals surface area contributed by atoms with Crippen molar-refractivity contribution in [2.24, 2.45) is 7.05 Å². The second kappa shape index (κ2) is 4.28. The van der Waals surface area contributed by atoms with Crippen LogP contribution in [0, 0.1) is 0 Å². The van der Waals surface area contributed by atoms with E-state index in [-0.39, 0.29) is 16.9 Å². The third-order valence-electron chi connectivity index (χ3n) is 1.94. The molecule has 0 fully saturated rings. The van der Waals surface area contributed by atoms with Crippen molar-refractivity contribution in [3.63, 3.8) is 0 Å². The molecule has 0 saturated heterocycles. The Labute approximate surface area is 96.3 Å². The van der Waals surface area contributed by atoms with Gasteiger partial charge in [0.05, 0.1) is 0 Å². The molecule has 0 aliphatic rings. The van der Waals surface area contributed by atoms with E-state index in [0.29, 0.717) is 5.69 Å². The lowest BCUT2D eigenvalue weighted by atomic mass is 10.4. The van der Waals surface area contributed by atoms with Crippen LogP contribution >= 0.6 is 11.6 Å². The molecule has 0 spiro atoms. The summed E-state index contributed by atoms with van der Waals surface area (Å²) >= 11 is 5.76. The molecule has 0 bridgehead atoms. The molecule has 1 amide bonds. The minimum Gasteiger partial charge on any atom is -0.303 e. The number of aryl methyl sites for hydroxylation is 1. The van der Waals surface area contributed by atoms with Crippen molar-refractivity contribution in [3.05, 3.63) is 35.5 Å². The molecule has 2 rings (SSSR count). The summed E-state index contributed by atoms with van der Waals surface area (Å²) in [5.74, 6) is -0.0993. The Kier molecular flexibility index (Phi) is 2.82. The van der Waals surface area contributed by atoms with E-state index in [1.165, 1.54) is 23.3 Å². The maximum Gasteiger partial charge on any atom is 0.275 e. The van der Waals surface area contributed by atoms with E-state index < -0.39 is 0 Å². The molecular weight excluding hydrogens is 230 g/mol. The van der Waals surface area contributed by atoms with Gasteiger partial charge >= 0.3 is 0 Å². The van der Waals surface area contributed by atoms with Crippen LogP contribution in [0.4, 0.5) is 5.82 Å². The molecule has 2 heterocycles. The molecule has 0 aliphatic heterocycles. The number of nitrogens with one attached hydrogen (secondary N) is 1. The Morgan fingerprint density at radius 2 is 2.12 bits per heavy atom. The third kappa shape index (κ3) is 2.01. The smallest absolute Gasteiger partial charge is 0.275 e. The van der Waals surface area contributed by atoms with Crippen LogP contribution < -0.4 is 5.32 Å². The van der Waals surface area contributed by atoms with Gasteiger partial charge < -0.3 is 5.32 Å². The summed E-state index contributed by atoms with van der Waals surface area (Å²) in [6.45, 7) is 0. The number of carbonyl (C=O) groups is 1. The first kappa shape index (κ1) is 10.6. The van der Waals surface area contributed by atoms with Crippen molar-refractivity contribution >= 4 is 23.3 Å². The summed E-state index contributed by atoms with van der Waals surface area (Å²) in [7, 11) is 1.67. The molecule has 0 unspecified atom stereocenters. The van der Waals surface area contributed by atoms with Gasteiger partial charge in [0, 0.05) is 25.6 Å². The monoisotopic (exact) mass is 237 g/mol. The fourth-order valence-electron chi connectivity index (χ4n) is 1.17. The standard InChI is InChI=1S/C9H8ClN5O/c1-15-6(2-3-13-15)9(16)14-8-7(10)11-4-5-12-8/h2-5H,1H3,(H,12,14,16). The van der Waals surface area contributed by atoms with Crippen molar-refractivity contribution < 1.29 is 4.79 Å². The Morgan fingerprint density at radius 1 is 1.38 bits per heavy atom. The third-order valence-corrected chi connectivity index (χ3v) is 2.22. The first-order valence-corrected chi connectivity index (χ1v) is 4.82. The SMILES string of the molecule is Cn1nccc1C(=O)Nc1nccnc1Cl. The van der Waals surface area contributed by atoms with E-state index in [9.17, 15) is 4.79 Å². The van der Waals surface area contributed by atoms with Crippen LogP contribution in [0.3, 0.4) is 0 Å². The number of aromatic nitrogens is 4. The zero-order valence-electron chi connectivity index (χ0n) is 8.38. The molecule has 1 N–H and O–H groups in total. The van der Waals surface area contributed by atoms with Crippen LogP contribution in [0.1, 0.15) is 10.5 Å². The first-order valence-electron chi connectivity index (χ1n) is 4.44. The predicted molar refractivity (Wildman–Crippen MR) is 58.2 cm³/mol. The average molecular weight is 238 g/mol. The van der Waals surface area contributed by atoms with Gasteiger partial charge in [-0.05, 0) is 6.07 Å². The Bertz CT molecular complexity index is 524. The highest BCUT2D eigenvalue weighted by atomic mass is 35.5. The number of hydrogen-bond donors (Lipinski definition) is 1. The minimum absolute atomic E-state index is 0.151. The van der Waals surface area contributed by atoms with Crippen molar-refractivity contribution in [2.75, 3.05) is 5.32 Å². The molecule has 7 heteroatoms. The Hall–Kier alpha value is -1.95. The van der Waals surface area contributed by atoms with Gasteiger partial charge in [-0.25, -0.2) is 9.97 Å². The highest BCUT2D eigenvalue weighted by molar-refractivity contribution is 6.32. The first-order chi connectivity index (χ1) is 7.68. The number of hydrogen-bond acceptors (Lipinski definition) is 4. The average Bonchev–Trinajstić information content (AvgIpc) is 2.68. The molecule has 2 aromatic heterocycles. The van der Waals surface area contributed by atoms with Crippen LogP contribution in [0.15, 0.2) is 24.7 Å². The number of carbonyl (C=O) groups excluding carboxylic acids is 1. The molecule has 0 aliphatic carbocycles. The highest BCUT2D eigenvalue weighted by Gasteiger charge is 2.12. The fourth-order valence-corrected chi connectivity index (χ4v) is 1.33. The minimum atomic E-state index is -0.331. The summed E-state index contributed by atoms with van der Waals surface area (Å²) in [6.07, 6.45) is 4.43. The number of halogens is 1. The van der Waals surface area contributed by atoms with Gasteiger partial charge in [-0.1, -0.05) is 11.6 Å². The molecule has 0 radical (unpaired) electrons. The maximum absolute atomic E-state index is 11.7. The van der Waals surface area contributed by atoms with Crippen LogP contribution in [0.2, 0.25) is 5.15 Å². The van der Waals surface area contributed by atoms with Crippen LogP contribution in [0.25, 0.3) is 0 Å². The van der Waals surface area contributed by atoms with E-state index in [4.69, 9.17) is 11.6 Å². The summed E-state index contributed by atoms with van der Waals surface area (Å²) in [5.41, 5.74) is 0.418. The second-order valence-corrected chi connectivity index (χ2v) is 3.35. The molecule has 16 heavy (non-hydrogen) atoms. The van der Waals surface area contributed by atoms with Gasteiger partial charge in [0.15, 0.2) is 11.0 Å². The predicted octanol–water partition coefficient (Wildman–Crippen LogP) is 1.12. The van der Waals surface area contributed by atoms with Gasteiger partial charge in [-0.3, -0.25) is 9.48 Å². The molecule has 0 atom stereocenters. The summed E-state index contributed by atoms with van der Waals surface area (Å²) in [6, 6.07) is 1.60. The summed E-state index contributed by atoms with van der Waals surface area (Å²) in [5, 5.41) is 6.59. The number of anilines is 1. The maximum atomic E-state index is 11.7. The second-order valence-electron chi connectivity index (χ2n) is 2.99. The topological polar surface area (TPSA) is 72.7 Å². The number of amides is 1. The lowest BCUT2D eigenvalue weighted by molar-refractivity contribution is 0.101. The zero-order chi connectivity index (χ0) is 11.5. The van der Waals surface area contributed by atoms with Crippen molar-refractivity contribution in [1.82, 2.24) is 19.7 Å². The van der Waals surface area contributed by atoms with E-state index >= 15 is 0 Å². The summed E-state index contributed by atoms with van der Waals surface area (Å²) in [4.78, 5) is 19.5. The number of nitrogens with zero attached hydrogens (tertiary/aromatic N) is 4. The van der Waals surface area contributed by atoms with Crippen molar-refractivity contribution in [2.45, 2.75) is 0 Å².